The smallest absolute Gasteiger partial charge is 0.271 e. The molecule has 1 aromatic heterocycles. The number of non-ortho nitro benzene ring substituents is 1. The highest BCUT2D eigenvalue weighted by Gasteiger charge is 2.38. The topological polar surface area (TPSA) is 97.6 Å². The number of ether oxygens (including phenoxy) is 1. The Morgan fingerprint density at radius 2 is 1.97 bits per heavy atom. The van der Waals surface area contributed by atoms with Crippen LogP contribution in [0.4, 0.5) is 11.4 Å². The number of methoxy groups -OCH3 is 1. The highest BCUT2D eigenvalue weighted by Crippen LogP contribution is 2.34. The summed E-state index contributed by atoms with van der Waals surface area (Å²) >= 11 is 0. The molecule has 0 aliphatic carbocycles. The summed E-state index contributed by atoms with van der Waals surface area (Å²) in [5, 5.41) is 14.3. The number of aromatic nitrogens is 1. The van der Waals surface area contributed by atoms with Gasteiger partial charge in [-0.05, 0) is 35.9 Å². The number of rotatable bonds is 6. The molecule has 0 bridgehead atoms. The van der Waals surface area contributed by atoms with Crippen LogP contribution in [-0.4, -0.2) is 27.8 Å². The van der Waals surface area contributed by atoms with E-state index in [1.54, 1.807) is 42.5 Å². The second kappa shape index (κ2) is 7.59. The molecule has 4 rings (SSSR count). The number of nitrogens with zero attached hydrogens (tertiary/aromatic N) is 3. The number of nitro benzene ring substituents is 1. The van der Waals surface area contributed by atoms with Crippen LogP contribution in [0, 0.1) is 10.1 Å². The van der Waals surface area contributed by atoms with Crippen LogP contribution in [0.5, 0.6) is 5.75 Å². The Balaban J connectivity index is 1.66. The van der Waals surface area contributed by atoms with Gasteiger partial charge in [-0.1, -0.05) is 18.2 Å². The van der Waals surface area contributed by atoms with E-state index in [1.807, 2.05) is 24.3 Å². The van der Waals surface area contributed by atoms with Crippen molar-refractivity contribution in [2.45, 2.75) is 12.7 Å². The standard InChI is InChI=1S/C21H18N4O4/c1-29-17-9-7-14(8-10-17)13-24-20(19-18(21(24)26)6-3-11-22-19)23-15-4-2-5-16(12-15)25(27)28/h2-12,20,23H,13H2,1H3/t20-/m0/s1. The quantitative estimate of drug-likeness (QED) is 0.508. The van der Waals surface area contributed by atoms with Crippen molar-refractivity contribution in [1.29, 1.82) is 0 Å². The SMILES string of the molecule is COc1ccc(CN2C(=O)c3cccnc3[C@H]2Nc2cccc([N+](=O)[O-])c2)cc1. The molecular weight excluding hydrogens is 372 g/mol. The number of hydrogen-bond acceptors (Lipinski definition) is 6. The molecule has 8 heteroatoms. The number of benzene rings is 2. The average molecular weight is 390 g/mol. The molecule has 0 radical (unpaired) electrons. The van der Waals surface area contributed by atoms with Crippen molar-refractivity contribution in [3.63, 3.8) is 0 Å². The summed E-state index contributed by atoms with van der Waals surface area (Å²) < 4.78 is 5.18. The van der Waals surface area contributed by atoms with Gasteiger partial charge >= 0.3 is 0 Å². The average Bonchev–Trinajstić information content (AvgIpc) is 3.00. The summed E-state index contributed by atoms with van der Waals surface area (Å²) in [5.74, 6) is 0.588. The van der Waals surface area contributed by atoms with Gasteiger partial charge in [0.05, 0.1) is 23.3 Å². The van der Waals surface area contributed by atoms with Gasteiger partial charge in [0, 0.05) is 30.6 Å². The summed E-state index contributed by atoms with van der Waals surface area (Å²) in [6.07, 6.45) is 1.09. The van der Waals surface area contributed by atoms with E-state index in [0.29, 0.717) is 23.5 Å². The van der Waals surface area contributed by atoms with Gasteiger partial charge in [-0.2, -0.15) is 0 Å². The number of amides is 1. The van der Waals surface area contributed by atoms with Crippen LogP contribution in [0.15, 0.2) is 66.9 Å². The second-order valence-corrected chi connectivity index (χ2v) is 6.57. The van der Waals surface area contributed by atoms with Crippen molar-refractivity contribution in [3.8, 4) is 5.75 Å². The molecule has 3 aromatic rings. The number of nitro groups is 1. The zero-order valence-corrected chi connectivity index (χ0v) is 15.6. The Hall–Kier alpha value is -3.94. The summed E-state index contributed by atoms with van der Waals surface area (Å²) in [6, 6.07) is 17.1. The van der Waals surface area contributed by atoms with Crippen LogP contribution in [0.2, 0.25) is 0 Å². The van der Waals surface area contributed by atoms with E-state index in [4.69, 9.17) is 4.74 Å². The van der Waals surface area contributed by atoms with Gasteiger partial charge in [0.1, 0.15) is 11.9 Å². The van der Waals surface area contributed by atoms with E-state index in [9.17, 15) is 14.9 Å². The number of carbonyl (C=O) groups excluding carboxylic acids is 1. The van der Waals surface area contributed by atoms with E-state index in [1.165, 1.54) is 12.1 Å². The maximum Gasteiger partial charge on any atom is 0.271 e. The van der Waals surface area contributed by atoms with Gasteiger partial charge < -0.3 is 15.0 Å². The minimum atomic E-state index is -0.539. The first kappa shape index (κ1) is 18.4. The fraction of sp³-hybridized carbons (Fsp3) is 0.143. The van der Waals surface area contributed by atoms with E-state index in [-0.39, 0.29) is 11.6 Å². The molecule has 29 heavy (non-hydrogen) atoms. The molecule has 8 nitrogen and oxygen atoms in total. The van der Waals surface area contributed by atoms with Gasteiger partial charge in [0.25, 0.3) is 11.6 Å². The molecule has 1 atom stereocenters. The first-order valence-electron chi connectivity index (χ1n) is 8.96. The van der Waals surface area contributed by atoms with E-state index in [0.717, 1.165) is 11.3 Å². The van der Waals surface area contributed by atoms with Crippen LogP contribution in [0.3, 0.4) is 0 Å². The largest absolute Gasteiger partial charge is 0.497 e. The molecule has 1 N–H and O–H groups in total. The predicted octanol–water partition coefficient (Wildman–Crippen LogP) is 3.77. The third-order valence-electron chi connectivity index (χ3n) is 4.77. The lowest BCUT2D eigenvalue weighted by Crippen LogP contribution is -2.32. The first-order chi connectivity index (χ1) is 14.1. The molecule has 0 unspecified atom stereocenters. The van der Waals surface area contributed by atoms with Gasteiger partial charge in [0.2, 0.25) is 0 Å². The normalized spacial score (nSPS) is 15.1. The number of nitrogens with one attached hydrogen (secondary N) is 1. The zero-order chi connectivity index (χ0) is 20.4. The Morgan fingerprint density at radius 3 is 2.69 bits per heavy atom. The summed E-state index contributed by atoms with van der Waals surface area (Å²) in [7, 11) is 1.60. The Labute approximate surface area is 166 Å². The third kappa shape index (κ3) is 3.60. The molecular formula is C21H18N4O4. The highest BCUT2D eigenvalue weighted by atomic mass is 16.6. The molecule has 0 spiro atoms. The van der Waals surface area contributed by atoms with Crippen LogP contribution in [0.25, 0.3) is 0 Å². The van der Waals surface area contributed by atoms with Crippen molar-refractivity contribution in [2.24, 2.45) is 0 Å². The molecule has 1 aliphatic rings. The fourth-order valence-corrected chi connectivity index (χ4v) is 3.34. The van der Waals surface area contributed by atoms with Gasteiger partial charge in [-0.15, -0.1) is 0 Å². The minimum Gasteiger partial charge on any atom is -0.497 e. The molecule has 0 saturated carbocycles. The van der Waals surface area contributed by atoms with E-state index >= 15 is 0 Å². The highest BCUT2D eigenvalue weighted by molar-refractivity contribution is 5.98. The molecule has 0 saturated heterocycles. The van der Waals surface area contributed by atoms with Crippen LogP contribution >= 0.6 is 0 Å². The third-order valence-corrected chi connectivity index (χ3v) is 4.77. The Kier molecular flexibility index (Phi) is 4.82. The Bertz CT molecular complexity index is 1070. The van der Waals surface area contributed by atoms with E-state index in [2.05, 4.69) is 10.3 Å². The number of pyridine rings is 1. The summed E-state index contributed by atoms with van der Waals surface area (Å²) in [5.41, 5.74) is 2.55. The lowest BCUT2D eigenvalue weighted by molar-refractivity contribution is -0.384. The van der Waals surface area contributed by atoms with Crippen LogP contribution in [0.1, 0.15) is 27.8 Å². The Morgan fingerprint density at radius 1 is 1.17 bits per heavy atom. The van der Waals surface area contributed by atoms with Crippen molar-refractivity contribution in [3.05, 3.63) is 93.8 Å². The van der Waals surface area contributed by atoms with E-state index < -0.39 is 11.1 Å². The predicted molar refractivity (Wildman–Crippen MR) is 107 cm³/mol. The molecule has 146 valence electrons. The molecule has 1 amide bonds. The monoisotopic (exact) mass is 390 g/mol. The summed E-state index contributed by atoms with van der Waals surface area (Å²) in [6.45, 7) is 0.353. The molecule has 2 aromatic carbocycles. The van der Waals surface area contributed by atoms with Crippen LogP contribution in [-0.2, 0) is 6.54 Å². The fourth-order valence-electron chi connectivity index (χ4n) is 3.34. The van der Waals surface area contributed by atoms with Gasteiger partial charge in [-0.3, -0.25) is 19.9 Å². The molecule has 2 heterocycles. The maximum atomic E-state index is 13.0. The van der Waals surface area contributed by atoms with Crippen molar-refractivity contribution in [1.82, 2.24) is 9.88 Å². The van der Waals surface area contributed by atoms with Gasteiger partial charge in [0.15, 0.2) is 0 Å². The lowest BCUT2D eigenvalue weighted by Gasteiger charge is -2.26. The summed E-state index contributed by atoms with van der Waals surface area (Å²) in [4.78, 5) is 29.7. The van der Waals surface area contributed by atoms with Crippen LogP contribution < -0.4 is 10.1 Å². The van der Waals surface area contributed by atoms with Crippen molar-refractivity contribution in [2.75, 3.05) is 12.4 Å². The lowest BCUT2D eigenvalue weighted by atomic mass is 10.2. The first-order valence-corrected chi connectivity index (χ1v) is 8.96. The maximum absolute atomic E-state index is 13.0. The number of hydrogen-bond donors (Lipinski definition) is 1. The number of anilines is 1. The second-order valence-electron chi connectivity index (χ2n) is 6.57. The zero-order valence-electron chi connectivity index (χ0n) is 15.6. The molecule has 1 aliphatic heterocycles. The minimum absolute atomic E-state index is 0.0257. The van der Waals surface area contributed by atoms with Crippen molar-refractivity contribution >= 4 is 17.3 Å². The number of carbonyl (C=O) groups is 1. The molecule has 0 fully saturated rings. The number of fused-ring (bicyclic) bond motifs is 1. The van der Waals surface area contributed by atoms with Gasteiger partial charge in [-0.25, -0.2) is 0 Å². The van der Waals surface area contributed by atoms with Crippen molar-refractivity contribution < 1.29 is 14.5 Å².